The molecule has 1 saturated carbocycles. The van der Waals surface area contributed by atoms with Gasteiger partial charge >= 0.3 is 0 Å². The Hall–Kier alpha value is -0.340. The Balaban J connectivity index is 2.12. The van der Waals surface area contributed by atoms with Gasteiger partial charge in [-0.25, -0.2) is 0 Å². The first-order valence-corrected chi connectivity index (χ1v) is 6.59. The molecule has 0 radical (unpaired) electrons. The van der Waals surface area contributed by atoms with Gasteiger partial charge in [0.05, 0.1) is 0 Å². The van der Waals surface area contributed by atoms with Gasteiger partial charge in [-0.3, -0.25) is 0 Å². The van der Waals surface area contributed by atoms with Crippen molar-refractivity contribution in [1.82, 2.24) is 5.32 Å². The van der Waals surface area contributed by atoms with Crippen molar-refractivity contribution in [2.45, 2.75) is 37.6 Å². The molecule has 15 heavy (non-hydrogen) atoms. The third kappa shape index (κ3) is 1.55. The van der Waals surface area contributed by atoms with Gasteiger partial charge in [-0.15, -0.1) is 0 Å². The van der Waals surface area contributed by atoms with E-state index in [1.54, 1.807) is 5.56 Å². The average molecular weight is 266 g/mol. The zero-order valence-corrected chi connectivity index (χ0v) is 10.4. The summed E-state index contributed by atoms with van der Waals surface area (Å²) in [6.07, 6.45) is 5.52. The van der Waals surface area contributed by atoms with Crippen molar-refractivity contribution in [1.29, 1.82) is 0 Å². The second-order valence-electron chi connectivity index (χ2n) is 4.89. The Labute approximate surface area is 99.4 Å². The van der Waals surface area contributed by atoms with E-state index in [1.807, 2.05) is 0 Å². The molecule has 0 amide bonds. The van der Waals surface area contributed by atoms with Crippen LogP contribution in [0.25, 0.3) is 0 Å². The van der Waals surface area contributed by atoms with Gasteiger partial charge in [0, 0.05) is 23.0 Å². The summed E-state index contributed by atoms with van der Waals surface area (Å²) in [4.78, 5) is 0. The molecule has 1 nitrogen and oxygen atoms in total. The van der Waals surface area contributed by atoms with Crippen LogP contribution in [-0.2, 0) is 12.0 Å². The van der Waals surface area contributed by atoms with E-state index < -0.39 is 0 Å². The monoisotopic (exact) mass is 265 g/mol. The molecule has 0 saturated heterocycles. The summed E-state index contributed by atoms with van der Waals surface area (Å²) >= 11 is 3.60. The lowest BCUT2D eigenvalue weighted by Crippen LogP contribution is -2.41. The highest BCUT2D eigenvalue weighted by Crippen LogP contribution is 2.44. The molecule has 1 aliphatic carbocycles. The number of nitrogens with one attached hydrogen (secondary N) is 1. The lowest BCUT2D eigenvalue weighted by Gasteiger charge is -2.36. The van der Waals surface area contributed by atoms with E-state index in [2.05, 4.69) is 39.4 Å². The van der Waals surface area contributed by atoms with Crippen LogP contribution in [0.15, 0.2) is 22.7 Å². The summed E-state index contributed by atoms with van der Waals surface area (Å²) in [6.45, 7) is 2.22. The molecule has 2 aliphatic rings. The Morgan fingerprint density at radius 1 is 1.20 bits per heavy atom. The summed E-state index contributed by atoms with van der Waals surface area (Å²) in [5.41, 5.74) is 3.57. The van der Waals surface area contributed by atoms with Crippen LogP contribution in [0.3, 0.4) is 0 Å². The van der Waals surface area contributed by atoms with Crippen molar-refractivity contribution < 1.29 is 0 Å². The average Bonchev–Trinajstić information content (AvgIpc) is 2.69. The molecule has 0 bridgehead atoms. The fourth-order valence-electron chi connectivity index (χ4n) is 3.23. The van der Waals surface area contributed by atoms with Crippen LogP contribution in [-0.4, -0.2) is 6.54 Å². The van der Waals surface area contributed by atoms with Crippen LogP contribution in [0.4, 0.5) is 0 Å². The zero-order valence-electron chi connectivity index (χ0n) is 8.85. The highest BCUT2D eigenvalue weighted by molar-refractivity contribution is 9.10. The van der Waals surface area contributed by atoms with Crippen LogP contribution in [0.5, 0.6) is 0 Å². The van der Waals surface area contributed by atoms with Gasteiger partial charge in [0.15, 0.2) is 0 Å². The topological polar surface area (TPSA) is 12.0 Å². The van der Waals surface area contributed by atoms with E-state index in [0.29, 0.717) is 5.41 Å². The van der Waals surface area contributed by atoms with E-state index in [1.165, 1.54) is 42.3 Å². The fourth-order valence-corrected chi connectivity index (χ4v) is 3.59. The third-order valence-corrected chi connectivity index (χ3v) is 4.48. The lowest BCUT2D eigenvalue weighted by atomic mass is 9.74. The minimum absolute atomic E-state index is 0.456. The smallest absolute Gasteiger partial charge is 0.0208 e. The van der Waals surface area contributed by atoms with Gasteiger partial charge in [-0.05, 0) is 36.1 Å². The number of halogens is 1. The Kier molecular flexibility index (Phi) is 2.37. The fraction of sp³-hybridized carbons (Fsp3) is 0.538. The molecule has 1 aliphatic heterocycles. The van der Waals surface area contributed by atoms with Gasteiger partial charge in [0.2, 0.25) is 0 Å². The first-order valence-electron chi connectivity index (χ1n) is 5.80. The van der Waals surface area contributed by atoms with Crippen LogP contribution in [0.1, 0.15) is 36.8 Å². The predicted molar refractivity (Wildman–Crippen MR) is 66.0 cm³/mol. The molecule has 1 N–H and O–H groups in total. The lowest BCUT2D eigenvalue weighted by molar-refractivity contribution is 0.377. The molecule has 1 aromatic carbocycles. The number of fused-ring (bicyclic) bond motifs is 2. The number of rotatable bonds is 0. The number of hydrogen-bond donors (Lipinski definition) is 1. The molecule has 0 aromatic heterocycles. The maximum atomic E-state index is 3.60. The minimum Gasteiger partial charge on any atom is -0.312 e. The summed E-state index contributed by atoms with van der Waals surface area (Å²) in [7, 11) is 0. The highest BCUT2D eigenvalue weighted by atomic mass is 79.9. The Morgan fingerprint density at radius 3 is 2.80 bits per heavy atom. The maximum absolute atomic E-state index is 3.60. The molecule has 1 spiro atoms. The molecule has 0 unspecified atom stereocenters. The quantitative estimate of drug-likeness (QED) is 0.759. The van der Waals surface area contributed by atoms with Gasteiger partial charge in [0.1, 0.15) is 0 Å². The molecule has 1 heterocycles. The van der Waals surface area contributed by atoms with Gasteiger partial charge in [-0.2, -0.15) is 0 Å². The van der Waals surface area contributed by atoms with Crippen LogP contribution >= 0.6 is 15.9 Å². The van der Waals surface area contributed by atoms with Crippen molar-refractivity contribution in [2.24, 2.45) is 0 Å². The number of benzene rings is 1. The summed E-state index contributed by atoms with van der Waals surface area (Å²) in [5.74, 6) is 0. The summed E-state index contributed by atoms with van der Waals surface area (Å²) in [6, 6.07) is 6.78. The standard InChI is InChI=1S/C13H16BrN/c14-11-4-3-10-8-15-9-13(12(10)7-11)5-1-2-6-13/h3-4,7,15H,1-2,5-6,8-9H2. The molecule has 0 atom stereocenters. The van der Waals surface area contributed by atoms with Crippen molar-refractivity contribution in [3.05, 3.63) is 33.8 Å². The molecular weight excluding hydrogens is 250 g/mol. The molecule has 3 rings (SSSR count). The third-order valence-electron chi connectivity index (χ3n) is 3.98. The van der Waals surface area contributed by atoms with Crippen molar-refractivity contribution in [3.8, 4) is 0 Å². The van der Waals surface area contributed by atoms with Crippen LogP contribution < -0.4 is 5.32 Å². The van der Waals surface area contributed by atoms with Gasteiger partial charge < -0.3 is 5.32 Å². The molecule has 1 aromatic rings. The number of hydrogen-bond acceptors (Lipinski definition) is 1. The Morgan fingerprint density at radius 2 is 2.00 bits per heavy atom. The summed E-state index contributed by atoms with van der Waals surface area (Å²) in [5, 5.41) is 3.58. The second kappa shape index (κ2) is 3.60. The van der Waals surface area contributed by atoms with E-state index in [0.717, 1.165) is 6.54 Å². The first kappa shape index (κ1) is 9.86. The largest absolute Gasteiger partial charge is 0.312 e. The zero-order chi connectivity index (χ0) is 10.3. The Bertz CT molecular complexity index is 380. The highest BCUT2D eigenvalue weighted by Gasteiger charge is 2.38. The molecule has 1 fully saturated rings. The maximum Gasteiger partial charge on any atom is 0.0208 e. The van der Waals surface area contributed by atoms with Crippen molar-refractivity contribution in [3.63, 3.8) is 0 Å². The van der Waals surface area contributed by atoms with Crippen LogP contribution in [0, 0.1) is 0 Å². The van der Waals surface area contributed by atoms with Gasteiger partial charge in [-0.1, -0.05) is 34.8 Å². The van der Waals surface area contributed by atoms with E-state index in [4.69, 9.17) is 0 Å². The van der Waals surface area contributed by atoms with Crippen molar-refractivity contribution >= 4 is 15.9 Å². The molecular formula is C13H16BrN. The second-order valence-corrected chi connectivity index (χ2v) is 5.81. The van der Waals surface area contributed by atoms with Gasteiger partial charge in [0.25, 0.3) is 0 Å². The normalized spacial score (nSPS) is 23.0. The van der Waals surface area contributed by atoms with Crippen molar-refractivity contribution in [2.75, 3.05) is 6.54 Å². The summed E-state index contributed by atoms with van der Waals surface area (Å²) < 4.78 is 1.23. The van der Waals surface area contributed by atoms with E-state index in [9.17, 15) is 0 Å². The van der Waals surface area contributed by atoms with E-state index in [-0.39, 0.29) is 0 Å². The predicted octanol–water partition coefficient (Wildman–Crippen LogP) is 3.36. The SMILES string of the molecule is Brc1ccc2c(c1)C1(CCCC1)CNC2. The molecule has 80 valence electrons. The minimum atomic E-state index is 0.456. The van der Waals surface area contributed by atoms with E-state index >= 15 is 0 Å². The van der Waals surface area contributed by atoms with Crippen LogP contribution in [0.2, 0.25) is 0 Å². The first-order chi connectivity index (χ1) is 7.30. The molecule has 2 heteroatoms.